The summed E-state index contributed by atoms with van der Waals surface area (Å²) in [6.45, 7) is 1.95. The molecule has 28 heavy (non-hydrogen) atoms. The second-order valence-corrected chi connectivity index (χ2v) is 6.18. The Morgan fingerprint density at radius 1 is 1.04 bits per heavy atom. The molecule has 144 valence electrons. The van der Waals surface area contributed by atoms with Crippen molar-refractivity contribution in [2.45, 2.75) is 13.5 Å². The van der Waals surface area contributed by atoms with Gasteiger partial charge in [0, 0.05) is 19.7 Å². The van der Waals surface area contributed by atoms with Gasteiger partial charge in [0.15, 0.2) is 17.5 Å². The number of nitrogens with zero attached hydrogens (tertiary/aromatic N) is 3. The van der Waals surface area contributed by atoms with Crippen molar-refractivity contribution in [1.82, 2.24) is 14.9 Å². The van der Waals surface area contributed by atoms with Crippen LogP contribution in [0.2, 0.25) is 0 Å². The van der Waals surface area contributed by atoms with E-state index in [0.29, 0.717) is 6.54 Å². The number of carbonyl (C=O) groups is 1. The number of carbonyl (C=O) groups excluding carboxylic acids is 1. The van der Waals surface area contributed by atoms with E-state index in [4.69, 9.17) is 0 Å². The normalized spacial score (nSPS) is 10.6. The monoisotopic (exact) mass is 386 g/mol. The molecule has 0 radical (unpaired) electrons. The molecule has 0 spiro atoms. The van der Waals surface area contributed by atoms with Gasteiger partial charge in [-0.1, -0.05) is 30.3 Å². The Balaban J connectivity index is 1.83. The number of aromatic nitrogens is 2. The molecule has 8 heteroatoms. The van der Waals surface area contributed by atoms with Gasteiger partial charge in [-0.3, -0.25) is 4.79 Å². The van der Waals surface area contributed by atoms with Crippen molar-refractivity contribution >= 4 is 17.4 Å². The molecule has 0 atom stereocenters. The zero-order valence-electron chi connectivity index (χ0n) is 15.2. The van der Waals surface area contributed by atoms with Crippen LogP contribution in [-0.4, -0.2) is 27.8 Å². The largest absolute Gasteiger partial charge is 0.338 e. The molecular weight excluding hydrogens is 369 g/mol. The topological polar surface area (TPSA) is 58.1 Å². The number of benzene rings is 2. The Hall–Kier alpha value is -3.42. The zero-order valence-corrected chi connectivity index (χ0v) is 15.2. The van der Waals surface area contributed by atoms with Gasteiger partial charge in [0.1, 0.15) is 17.3 Å². The van der Waals surface area contributed by atoms with Gasteiger partial charge in [0.2, 0.25) is 0 Å². The zero-order chi connectivity index (χ0) is 20.3. The minimum absolute atomic E-state index is 0.0915. The summed E-state index contributed by atoms with van der Waals surface area (Å²) in [4.78, 5) is 22.4. The van der Waals surface area contributed by atoms with Crippen LogP contribution >= 0.6 is 0 Å². The third kappa shape index (κ3) is 4.28. The van der Waals surface area contributed by atoms with Gasteiger partial charge in [0.05, 0.1) is 5.69 Å². The standard InChI is InChI=1S/C20H17F3N4O/c1-12-24-16(20(28)27(2)11-13-6-4-3-5-7-13)10-17(25-12)26-15-9-8-14(21)18(22)19(15)23/h3-10H,11H2,1-2H3,(H,24,25,26). The Morgan fingerprint density at radius 2 is 1.75 bits per heavy atom. The van der Waals surface area contributed by atoms with Gasteiger partial charge in [-0.05, 0) is 24.6 Å². The van der Waals surface area contributed by atoms with Gasteiger partial charge in [-0.15, -0.1) is 0 Å². The molecular formula is C20H17F3N4O. The van der Waals surface area contributed by atoms with Crippen molar-refractivity contribution in [1.29, 1.82) is 0 Å². The van der Waals surface area contributed by atoms with E-state index in [9.17, 15) is 18.0 Å². The highest BCUT2D eigenvalue weighted by molar-refractivity contribution is 5.93. The first kappa shape index (κ1) is 19.3. The lowest BCUT2D eigenvalue weighted by atomic mass is 10.2. The molecule has 0 bridgehead atoms. The summed E-state index contributed by atoms with van der Waals surface area (Å²) < 4.78 is 40.4. The lowest BCUT2D eigenvalue weighted by Crippen LogP contribution is -2.27. The van der Waals surface area contributed by atoms with Gasteiger partial charge < -0.3 is 10.2 Å². The van der Waals surface area contributed by atoms with Crippen LogP contribution in [0, 0.1) is 24.4 Å². The molecule has 1 heterocycles. The average molecular weight is 386 g/mol. The van der Waals surface area contributed by atoms with E-state index in [0.717, 1.165) is 17.7 Å². The second-order valence-electron chi connectivity index (χ2n) is 6.18. The molecule has 0 aliphatic rings. The lowest BCUT2D eigenvalue weighted by Gasteiger charge is -2.17. The van der Waals surface area contributed by atoms with Crippen molar-refractivity contribution in [3.8, 4) is 0 Å². The molecule has 0 saturated carbocycles. The molecule has 3 rings (SSSR count). The smallest absolute Gasteiger partial charge is 0.272 e. The first-order valence-corrected chi connectivity index (χ1v) is 8.40. The van der Waals surface area contributed by atoms with E-state index in [1.54, 1.807) is 14.0 Å². The highest BCUT2D eigenvalue weighted by Gasteiger charge is 2.18. The molecule has 1 aromatic heterocycles. The summed E-state index contributed by atoms with van der Waals surface area (Å²) in [5.41, 5.74) is 0.746. The number of aryl methyl sites for hydroxylation is 1. The quantitative estimate of drug-likeness (QED) is 0.667. The molecule has 0 unspecified atom stereocenters. The number of nitrogens with one attached hydrogen (secondary N) is 1. The van der Waals surface area contributed by atoms with Crippen LogP contribution < -0.4 is 5.32 Å². The Morgan fingerprint density at radius 3 is 2.46 bits per heavy atom. The van der Waals surface area contributed by atoms with Crippen LogP contribution in [0.4, 0.5) is 24.7 Å². The van der Waals surface area contributed by atoms with Crippen molar-refractivity contribution in [2.24, 2.45) is 0 Å². The maximum atomic E-state index is 13.9. The molecule has 1 amide bonds. The molecule has 3 aromatic rings. The average Bonchev–Trinajstić information content (AvgIpc) is 2.68. The van der Waals surface area contributed by atoms with E-state index in [1.165, 1.54) is 11.0 Å². The number of amides is 1. The van der Waals surface area contributed by atoms with Crippen molar-refractivity contribution < 1.29 is 18.0 Å². The minimum atomic E-state index is -1.59. The van der Waals surface area contributed by atoms with E-state index < -0.39 is 17.5 Å². The Bertz CT molecular complexity index is 1010. The third-order valence-corrected chi connectivity index (χ3v) is 3.96. The van der Waals surface area contributed by atoms with Gasteiger partial charge in [0.25, 0.3) is 5.91 Å². The van der Waals surface area contributed by atoms with Crippen LogP contribution in [0.1, 0.15) is 21.9 Å². The molecule has 2 aromatic carbocycles. The van der Waals surface area contributed by atoms with Crippen LogP contribution in [-0.2, 0) is 6.54 Å². The minimum Gasteiger partial charge on any atom is -0.338 e. The van der Waals surface area contributed by atoms with Gasteiger partial charge in [-0.2, -0.15) is 0 Å². The molecule has 1 N–H and O–H groups in total. The van der Waals surface area contributed by atoms with Crippen molar-refractivity contribution in [3.05, 3.63) is 83.1 Å². The van der Waals surface area contributed by atoms with E-state index in [2.05, 4.69) is 15.3 Å². The predicted molar refractivity (Wildman–Crippen MR) is 98.6 cm³/mol. The number of hydrogen-bond acceptors (Lipinski definition) is 4. The summed E-state index contributed by atoms with van der Waals surface area (Å²) in [5, 5.41) is 2.56. The number of hydrogen-bond donors (Lipinski definition) is 1. The van der Waals surface area contributed by atoms with Crippen LogP contribution in [0.25, 0.3) is 0 Å². The number of rotatable bonds is 5. The van der Waals surface area contributed by atoms with E-state index >= 15 is 0 Å². The molecule has 0 fully saturated rings. The SMILES string of the molecule is Cc1nc(Nc2ccc(F)c(F)c2F)cc(C(=O)N(C)Cc2ccccc2)n1. The lowest BCUT2D eigenvalue weighted by molar-refractivity contribution is 0.0779. The van der Waals surface area contributed by atoms with Crippen LogP contribution in [0.5, 0.6) is 0 Å². The predicted octanol–water partition coefficient (Wildman–Crippen LogP) is 4.22. The van der Waals surface area contributed by atoms with Crippen molar-refractivity contribution in [3.63, 3.8) is 0 Å². The first-order valence-electron chi connectivity index (χ1n) is 8.40. The molecule has 0 saturated heterocycles. The van der Waals surface area contributed by atoms with Gasteiger partial charge >= 0.3 is 0 Å². The summed E-state index contributed by atoms with van der Waals surface area (Å²) >= 11 is 0. The molecule has 0 aliphatic carbocycles. The van der Waals surface area contributed by atoms with Crippen LogP contribution in [0.15, 0.2) is 48.5 Å². The van der Waals surface area contributed by atoms with Crippen molar-refractivity contribution in [2.75, 3.05) is 12.4 Å². The highest BCUT2D eigenvalue weighted by atomic mass is 19.2. The molecule has 0 aliphatic heterocycles. The highest BCUT2D eigenvalue weighted by Crippen LogP contribution is 2.23. The summed E-state index contributed by atoms with van der Waals surface area (Å²) in [6, 6.07) is 12.6. The Kier molecular flexibility index (Phi) is 5.58. The third-order valence-electron chi connectivity index (χ3n) is 3.96. The first-order chi connectivity index (χ1) is 13.3. The fourth-order valence-electron chi connectivity index (χ4n) is 2.63. The van der Waals surface area contributed by atoms with Gasteiger partial charge in [-0.25, -0.2) is 23.1 Å². The fraction of sp³-hybridized carbons (Fsp3) is 0.150. The second kappa shape index (κ2) is 8.08. The number of anilines is 2. The molecule has 5 nitrogen and oxygen atoms in total. The summed E-state index contributed by atoms with van der Waals surface area (Å²) in [6.07, 6.45) is 0. The summed E-state index contributed by atoms with van der Waals surface area (Å²) in [5.74, 6) is -4.25. The van der Waals surface area contributed by atoms with E-state index in [-0.39, 0.29) is 28.9 Å². The number of halogens is 3. The summed E-state index contributed by atoms with van der Waals surface area (Å²) in [7, 11) is 1.63. The fourth-order valence-corrected chi connectivity index (χ4v) is 2.63. The Labute approximate surface area is 159 Å². The van der Waals surface area contributed by atoms with Crippen LogP contribution in [0.3, 0.4) is 0 Å². The van der Waals surface area contributed by atoms with E-state index in [1.807, 2.05) is 30.3 Å². The maximum Gasteiger partial charge on any atom is 0.272 e. The maximum absolute atomic E-state index is 13.9.